The minimum absolute atomic E-state index is 0.187. The Morgan fingerprint density at radius 3 is 1.88 bits per heavy atom. The normalized spacial score (nSPS) is 13.2. The van der Waals surface area contributed by atoms with E-state index in [-0.39, 0.29) is 17.3 Å². The van der Waals surface area contributed by atoms with Gasteiger partial charge in [-0.05, 0) is 52.9 Å². The van der Waals surface area contributed by atoms with Gasteiger partial charge in [-0.25, -0.2) is 4.39 Å². The fourth-order valence-electron chi connectivity index (χ4n) is 2.57. The van der Waals surface area contributed by atoms with Crippen LogP contribution in [0.4, 0.5) is 55.3 Å². The molecule has 1 amide bonds. The first kappa shape index (κ1) is 26.3. The van der Waals surface area contributed by atoms with Crippen molar-refractivity contribution in [3.05, 3.63) is 55.6 Å². The van der Waals surface area contributed by atoms with Crippen molar-refractivity contribution < 1.29 is 48.7 Å². The molecule has 0 fully saturated rings. The SMILES string of the molecule is Nc1cc(I)ccc1C(=O)Nc1c(Cl)cc(C(F)(C(F)(F)F)C(F)(F)F)cc1C(F)(F)F. The molecule has 3 nitrogen and oxygen atoms in total. The molecule has 0 bridgehead atoms. The monoisotopic (exact) mass is 608 g/mol. The summed E-state index contributed by atoms with van der Waals surface area (Å²) in [5.41, 5.74) is -7.17. The molecule has 0 aromatic heterocycles. The molecule has 0 unspecified atom stereocenters. The Morgan fingerprint density at radius 1 is 0.906 bits per heavy atom. The Bertz CT molecular complexity index is 1040. The smallest absolute Gasteiger partial charge is 0.398 e. The van der Waals surface area contributed by atoms with Crippen molar-refractivity contribution in [2.45, 2.75) is 24.2 Å². The van der Waals surface area contributed by atoms with E-state index in [1.54, 1.807) is 5.32 Å². The summed E-state index contributed by atoms with van der Waals surface area (Å²) in [4.78, 5) is 12.3. The van der Waals surface area contributed by atoms with Gasteiger partial charge in [-0.1, -0.05) is 11.6 Å². The molecule has 15 heteroatoms. The molecule has 2 aromatic carbocycles. The van der Waals surface area contributed by atoms with Gasteiger partial charge in [-0.3, -0.25) is 4.79 Å². The first-order chi connectivity index (χ1) is 14.3. The maximum absolute atomic E-state index is 14.3. The van der Waals surface area contributed by atoms with Gasteiger partial charge in [0, 0.05) is 14.8 Å². The third-order valence-corrected chi connectivity index (χ3v) is 5.04. The second-order valence-corrected chi connectivity index (χ2v) is 7.87. The van der Waals surface area contributed by atoms with Crippen molar-refractivity contribution in [2.24, 2.45) is 0 Å². The molecule has 3 N–H and O–H groups in total. The zero-order chi connectivity index (χ0) is 24.9. The minimum Gasteiger partial charge on any atom is -0.398 e. The predicted molar refractivity (Wildman–Crippen MR) is 103 cm³/mol. The maximum atomic E-state index is 14.3. The second kappa shape index (κ2) is 8.43. The summed E-state index contributed by atoms with van der Waals surface area (Å²) < 4.78 is 133. The number of carbonyl (C=O) groups is 1. The summed E-state index contributed by atoms with van der Waals surface area (Å²) in [7, 11) is 0. The number of halogens is 12. The fraction of sp³-hybridized carbons (Fsp3) is 0.235. The highest BCUT2D eigenvalue weighted by Crippen LogP contribution is 2.55. The topological polar surface area (TPSA) is 55.1 Å². The highest BCUT2D eigenvalue weighted by atomic mass is 127. The van der Waals surface area contributed by atoms with E-state index in [0.717, 1.165) is 6.07 Å². The van der Waals surface area contributed by atoms with Gasteiger partial charge in [0.05, 0.1) is 21.8 Å². The zero-order valence-electron chi connectivity index (χ0n) is 14.9. The van der Waals surface area contributed by atoms with Crippen molar-refractivity contribution >= 4 is 51.5 Å². The maximum Gasteiger partial charge on any atom is 0.435 e. The van der Waals surface area contributed by atoms with E-state index in [9.17, 15) is 48.7 Å². The molecule has 0 saturated heterocycles. The quantitative estimate of drug-likeness (QED) is 0.222. The number of amides is 1. The van der Waals surface area contributed by atoms with Gasteiger partial charge in [0.2, 0.25) is 0 Å². The fourth-order valence-corrected chi connectivity index (χ4v) is 3.35. The van der Waals surface area contributed by atoms with Crippen LogP contribution in [0.3, 0.4) is 0 Å². The van der Waals surface area contributed by atoms with Gasteiger partial charge in [0.1, 0.15) is 0 Å². The van der Waals surface area contributed by atoms with Crippen LogP contribution in [-0.2, 0) is 11.8 Å². The summed E-state index contributed by atoms with van der Waals surface area (Å²) in [6.45, 7) is 0. The lowest BCUT2D eigenvalue weighted by molar-refractivity contribution is -0.348. The lowest BCUT2D eigenvalue weighted by Gasteiger charge is -2.31. The van der Waals surface area contributed by atoms with Crippen LogP contribution >= 0.6 is 34.2 Å². The van der Waals surface area contributed by atoms with E-state index in [2.05, 4.69) is 0 Å². The summed E-state index contributed by atoms with van der Waals surface area (Å²) in [6, 6.07) is 2.74. The number of rotatable bonds is 3. The Balaban J connectivity index is 2.71. The van der Waals surface area contributed by atoms with E-state index >= 15 is 0 Å². The number of benzene rings is 2. The largest absolute Gasteiger partial charge is 0.435 e. The van der Waals surface area contributed by atoms with Gasteiger partial charge < -0.3 is 11.1 Å². The Labute approximate surface area is 191 Å². The standard InChI is InChI=1S/C17H8ClF10IN2O/c18-10-4-6(14(19,16(23,24)25)17(26,27)28)3-9(15(20,21)22)12(10)31-13(32)8-2-1-7(29)5-11(8)30/h1-5H,30H2,(H,31,32). The van der Waals surface area contributed by atoms with Crippen LogP contribution < -0.4 is 11.1 Å². The number of carbonyl (C=O) groups excluding carboxylic acids is 1. The third-order valence-electron chi connectivity index (χ3n) is 4.07. The first-order valence-corrected chi connectivity index (χ1v) is 9.36. The lowest BCUT2D eigenvalue weighted by atomic mass is 9.91. The molecule has 0 atom stereocenters. The molecule has 2 aromatic rings. The number of nitrogens with one attached hydrogen (secondary N) is 1. The molecule has 0 aliphatic heterocycles. The summed E-state index contributed by atoms with van der Waals surface area (Å²) in [5.74, 6) is -1.29. The number of alkyl halides is 10. The number of anilines is 2. The molecule has 176 valence electrons. The number of nitrogens with two attached hydrogens (primary N) is 1. The van der Waals surface area contributed by atoms with Gasteiger partial charge in [-0.2, -0.15) is 39.5 Å². The highest BCUT2D eigenvalue weighted by Gasteiger charge is 2.73. The molecule has 32 heavy (non-hydrogen) atoms. The molecule has 0 heterocycles. The van der Waals surface area contributed by atoms with E-state index in [1.165, 1.54) is 12.1 Å². The van der Waals surface area contributed by atoms with Crippen molar-refractivity contribution in [3.63, 3.8) is 0 Å². The van der Waals surface area contributed by atoms with Crippen LogP contribution in [0.5, 0.6) is 0 Å². The van der Waals surface area contributed by atoms with Crippen molar-refractivity contribution in [1.82, 2.24) is 0 Å². The average molecular weight is 609 g/mol. The number of hydrogen-bond donors (Lipinski definition) is 2. The van der Waals surface area contributed by atoms with Crippen LogP contribution in [-0.4, -0.2) is 18.3 Å². The molecule has 0 spiro atoms. The predicted octanol–water partition coefficient (Wildman–Crippen LogP) is 7.09. The van der Waals surface area contributed by atoms with E-state index < -0.39 is 58.0 Å². The number of hydrogen-bond acceptors (Lipinski definition) is 2. The summed E-state index contributed by atoms with van der Waals surface area (Å²) >= 11 is 7.31. The van der Waals surface area contributed by atoms with Crippen molar-refractivity contribution in [2.75, 3.05) is 11.1 Å². The molecule has 0 saturated carbocycles. The molecule has 0 aliphatic rings. The Kier molecular flexibility index (Phi) is 6.92. The Hall–Kier alpha value is -1.97. The number of nitrogen functional groups attached to an aromatic ring is 1. The summed E-state index contributed by atoms with van der Waals surface area (Å²) in [6.07, 6.45) is -19.0. The second-order valence-electron chi connectivity index (χ2n) is 6.22. The zero-order valence-corrected chi connectivity index (χ0v) is 17.8. The highest BCUT2D eigenvalue weighted by molar-refractivity contribution is 14.1. The van der Waals surface area contributed by atoms with E-state index in [0.29, 0.717) is 3.57 Å². The van der Waals surface area contributed by atoms with Crippen LogP contribution in [0.25, 0.3) is 0 Å². The molecule has 0 aliphatic carbocycles. The molecule has 2 rings (SSSR count). The lowest BCUT2D eigenvalue weighted by Crippen LogP contribution is -2.50. The van der Waals surface area contributed by atoms with Gasteiger partial charge in [-0.15, -0.1) is 0 Å². The first-order valence-electron chi connectivity index (χ1n) is 7.90. The molecular weight excluding hydrogens is 601 g/mol. The van der Waals surface area contributed by atoms with Crippen LogP contribution in [0.1, 0.15) is 21.5 Å². The van der Waals surface area contributed by atoms with E-state index in [1.807, 2.05) is 22.6 Å². The minimum atomic E-state index is -6.67. The van der Waals surface area contributed by atoms with Crippen molar-refractivity contribution in [3.8, 4) is 0 Å². The van der Waals surface area contributed by atoms with Crippen LogP contribution in [0.15, 0.2) is 30.3 Å². The van der Waals surface area contributed by atoms with Gasteiger partial charge in [0.15, 0.2) is 0 Å². The van der Waals surface area contributed by atoms with Crippen LogP contribution in [0.2, 0.25) is 5.02 Å². The van der Waals surface area contributed by atoms with Crippen LogP contribution in [0, 0.1) is 3.57 Å². The molecular formula is C17H8ClF10IN2O. The average Bonchev–Trinajstić information content (AvgIpc) is 2.59. The van der Waals surface area contributed by atoms with Crippen molar-refractivity contribution in [1.29, 1.82) is 0 Å². The molecule has 0 radical (unpaired) electrons. The Morgan fingerprint density at radius 2 is 1.44 bits per heavy atom. The van der Waals surface area contributed by atoms with Gasteiger partial charge >= 0.3 is 24.2 Å². The summed E-state index contributed by atoms with van der Waals surface area (Å²) in [5, 5.41) is 0.246. The van der Waals surface area contributed by atoms with E-state index in [4.69, 9.17) is 17.3 Å². The van der Waals surface area contributed by atoms with Gasteiger partial charge in [0.25, 0.3) is 5.91 Å². The third kappa shape index (κ3) is 4.84.